The molecule has 1 heterocycles. The molecule has 1 aromatic rings. The van der Waals surface area contributed by atoms with Crippen molar-refractivity contribution in [2.24, 2.45) is 0 Å². The maximum absolute atomic E-state index is 11.1. The third-order valence-corrected chi connectivity index (χ3v) is 2.31. The number of carboxylic acid groups (broad SMARTS) is 1. The highest BCUT2D eigenvalue weighted by Crippen LogP contribution is 2.21. The van der Waals surface area contributed by atoms with Crippen LogP contribution in [0.3, 0.4) is 0 Å². The zero-order chi connectivity index (χ0) is 10.1. The Labute approximate surface area is 80.8 Å². The van der Waals surface area contributed by atoms with E-state index in [1.807, 2.05) is 24.3 Å². The molecule has 0 aliphatic carbocycles. The smallest absolute Gasteiger partial charge is 0.394 e. The first kappa shape index (κ1) is 8.74. The molecule has 1 aliphatic rings. The summed E-state index contributed by atoms with van der Waals surface area (Å²) in [6.45, 7) is 0.808. The number of hydrogen-bond acceptors (Lipinski definition) is 2. The number of carbonyl (C=O) groups excluding carboxylic acids is 1. The fourth-order valence-corrected chi connectivity index (χ4v) is 1.61. The molecule has 2 rings (SSSR count). The van der Waals surface area contributed by atoms with Gasteiger partial charge in [-0.25, -0.2) is 4.79 Å². The minimum absolute atomic E-state index is 0.404. The Kier molecular flexibility index (Phi) is 1.96. The summed E-state index contributed by atoms with van der Waals surface area (Å²) >= 11 is 0. The van der Waals surface area contributed by atoms with E-state index in [2.05, 4.69) is 0 Å². The molecule has 0 aromatic heterocycles. The largest absolute Gasteiger partial charge is 0.474 e. The van der Waals surface area contributed by atoms with Crippen LogP contribution < -0.4 is 0 Å². The summed E-state index contributed by atoms with van der Waals surface area (Å²) in [6.07, 6.45) is 0. The van der Waals surface area contributed by atoms with Gasteiger partial charge >= 0.3 is 11.9 Å². The predicted octanol–water partition coefficient (Wildman–Crippen LogP) is 0.613. The average molecular weight is 191 g/mol. The average Bonchev–Trinajstić information content (AvgIpc) is 2.59. The van der Waals surface area contributed by atoms with Gasteiger partial charge in [0.05, 0.1) is 0 Å². The lowest BCUT2D eigenvalue weighted by atomic mass is 10.1. The molecule has 0 fully saturated rings. The molecule has 4 nitrogen and oxygen atoms in total. The molecule has 1 aliphatic heterocycles. The number of hydrogen-bond donors (Lipinski definition) is 1. The van der Waals surface area contributed by atoms with E-state index in [-0.39, 0.29) is 0 Å². The lowest BCUT2D eigenvalue weighted by molar-refractivity contribution is -0.156. The molecule has 1 N–H and O–H groups in total. The molecule has 0 saturated carbocycles. The standard InChI is InChI=1S/C10H9NO3/c12-9(10(13)14)11-5-7-3-1-2-4-8(7)6-11/h1-4H,5-6H2,(H,13,14). The van der Waals surface area contributed by atoms with Gasteiger partial charge in [-0.3, -0.25) is 4.79 Å². The Balaban J connectivity index is 2.20. The maximum atomic E-state index is 11.1. The number of fused-ring (bicyclic) bond motifs is 1. The van der Waals surface area contributed by atoms with Gasteiger partial charge in [-0.05, 0) is 11.1 Å². The van der Waals surface area contributed by atoms with Gasteiger partial charge in [0, 0.05) is 13.1 Å². The van der Waals surface area contributed by atoms with Crippen LogP contribution in [0.25, 0.3) is 0 Å². The third-order valence-electron chi connectivity index (χ3n) is 2.31. The molecule has 0 unspecified atom stereocenters. The van der Waals surface area contributed by atoms with Crippen LogP contribution >= 0.6 is 0 Å². The van der Waals surface area contributed by atoms with Crippen molar-refractivity contribution in [1.29, 1.82) is 0 Å². The van der Waals surface area contributed by atoms with Gasteiger partial charge in [0.2, 0.25) is 0 Å². The second-order valence-corrected chi connectivity index (χ2v) is 3.24. The van der Waals surface area contributed by atoms with E-state index in [4.69, 9.17) is 5.11 Å². The molecule has 72 valence electrons. The SMILES string of the molecule is O=C(O)C(=O)N1Cc2ccccc2C1. The summed E-state index contributed by atoms with van der Waals surface area (Å²) in [7, 11) is 0. The fraction of sp³-hybridized carbons (Fsp3) is 0.200. The number of aliphatic carboxylic acids is 1. The highest BCUT2D eigenvalue weighted by atomic mass is 16.4. The first-order valence-corrected chi connectivity index (χ1v) is 4.27. The molecular weight excluding hydrogens is 182 g/mol. The zero-order valence-electron chi connectivity index (χ0n) is 7.43. The number of carbonyl (C=O) groups is 2. The number of nitrogens with zero attached hydrogens (tertiary/aromatic N) is 1. The van der Waals surface area contributed by atoms with Crippen LogP contribution in [0.5, 0.6) is 0 Å². The van der Waals surface area contributed by atoms with E-state index in [0.29, 0.717) is 13.1 Å². The first-order valence-electron chi connectivity index (χ1n) is 4.27. The Morgan fingerprint density at radius 3 is 2.07 bits per heavy atom. The second kappa shape index (κ2) is 3.14. The van der Waals surface area contributed by atoms with E-state index >= 15 is 0 Å². The van der Waals surface area contributed by atoms with Gasteiger partial charge in [-0.2, -0.15) is 0 Å². The van der Waals surface area contributed by atoms with Gasteiger partial charge in [-0.15, -0.1) is 0 Å². The lowest BCUT2D eigenvalue weighted by Crippen LogP contribution is -2.31. The van der Waals surface area contributed by atoms with Crippen molar-refractivity contribution >= 4 is 11.9 Å². The second-order valence-electron chi connectivity index (χ2n) is 3.24. The van der Waals surface area contributed by atoms with E-state index in [1.54, 1.807) is 0 Å². The van der Waals surface area contributed by atoms with Crippen molar-refractivity contribution in [2.75, 3.05) is 0 Å². The van der Waals surface area contributed by atoms with Crippen LogP contribution in [0.4, 0.5) is 0 Å². The molecule has 1 aromatic carbocycles. The molecule has 0 atom stereocenters. The van der Waals surface area contributed by atoms with Gasteiger partial charge in [0.1, 0.15) is 0 Å². The third kappa shape index (κ3) is 1.35. The van der Waals surface area contributed by atoms with Crippen molar-refractivity contribution in [3.05, 3.63) is 35.4 Å². The van der Waals surface area contributed by atoms with Crippen molar-refractivity contribution < 1.29 is 14.7 Å². The summed E-state index contributed by atoms with van der Waals surface area (Å²) in [4.78, 5) is 22.9. The Bertz CT molecular complexity index is 375. The number of carboxylic acids is 1. The number of benzene rings is 1. The van der Waals surface area contributed by atoms with Gasteiger partial charge < -0.3 is 10.0 Å². The molecule has 14 heavy (non-hydrogen) atoms. The van der Waals surface area contributed by atoms with Crippen molar-refractivity contribution in [2.45, 2.75) is 13.1 Å². The first-order chi connectivity index (χ1) is 6.68. The number of amides is 1. The van der Waals surface area contributed by atoms with Crippen LogP contribution in [0.2, 0.25) is 0 Å². The van der Waals surface area contributed by atoms with E-state index in [0.717, 1.165) is 11.1 Å². The van der Waals surface area contributed by atoms with E-state index in [1.165, 1.54) is 4.90 Å². The quantitative estimate of drug-likeness (QED) is 0.611. The molecule has 0 saturated heterocycles. The topological polar surface area (TPSA) is 57.6 Å². The molecule has 1 amide bonds. The van der Waals surface area contributed by atoms with Crippen LogP contribution in [0.1, 0.15) is 11.1 Å². The van der Waals surface area contributed by atoms with E-state index < -0.39 is 11.9 Å². The summed E-state index contributed by atoms with van der Waals surface area (Å²) in [5.74, 6) is -2.22. The minimum atomic E-state index is -1.39. The van der Waals surface area contributed by atoms with Crippen LogP contribution in [0.15, 0.2) is 24.3 Å². The maximum Gasteiger partial charge on any atom is 0.394 e. The summed E-state index contributed by atoms with van der Waals surface area (Å²) in [6, 6.07) is 7.58. The highest BCUT2D eigenvalue weighted by Gasteiger charge is 2.26. The molecule has 0 spiro atoms. The lowest BCUT2D eigenvalue weighted by Gasteiger charge is -2.11. The normalized spacial score (nSPS) is 13.9. The van der Waals surface area contributed by atoms with Crippen molar-refractivity contribution in [3.63, 3.8) is 0 Å². The molecule has 0 bridgehead atoms. The molecular formula is C10H9NO3. The Morgan fingerprint density at radius 2 is 1.64 bits per heavy atom. The van der Waals surface area contributed by atoms with Gasteiger partial charge in [-0.1, -0.05) is 24.3 Å². The predicted molar refractivity (Wildman–Crippen MR) is 48.3 cm³/mol. The highest BCUT2D eigenvalue weighted by molar-refractivity contribution is 6.31. The van der Waals surface area contributed by atoms with Crippen molar-refractivity contribution in [3.8, 4) is 0 Å². The van der Waals surface area contributed by atoms with Crippen molar-refractivity contribution in [1.82, 2.24) is 4.90 Å². The zero-order valence-corrected chi connectivity index (χ0v) is 7.43. The van der Waals surface area contributed by atoms with Gasteiger partial charge in [0.25, 0.3) is 0 Å². The minimum Gasteiger partial charge on any atom is -0.474 e. The van der Waals surface area contributed by atoms with Crippen LogP contribution in [-0.2, 0) is 22.7 Å². The van der Waals surface area contributed by atoms with E-state index in [9.17, 15) is 9.59 Å². The summed E-state index contributed by atoms with van der Waals surface area (Å²) < 4.78 is 0. The monoisotopic (exact) mass is 191 g/mol. The number of rotatable bonds is 0. The summed E-state index contributed by atoms with van der Waals surface area (Å²) in [5.41, 5.74) is 2.06. The van der Waals surface area contributed by atoms with Gasteiger partial charge in [0.15, 0.2) is 0 Å². The van der Waals surface area contributed by atoms with Crippen LogP contribution in [-0.4, -0.2) is 21.9 Å². The molecule has 4 heteroatoms. The molecule has 0 radical (unpaired) electrons. The summed E-state index contributed by atoms with van der Waals surface area (Å²) in [5, 5.41) is 8.53. The Morgan fingerprint density at radius 1 is 1.14 bits per heavy atom. The van der Waals surface area contributed by atoms with Crippen LogP contribution in [0, 0.1) is 0 Å². The Hall–Kier alpha value is -1.84. The fourth-order valence-electron chi connectivity index (χ4n) is 1.61.